The lowest BCUT2D eigenvalue weighted by molar-refractivity contribution is -0.0494. The monoisotopic (exact) mass is 444 g/mol. The molecule has 1 aliphatic heterocycles. The van der Waals surface area contributed by atoms with Gasteiger partial charge >= 0.3 is 15.5 Å². The predicted molar refractivity (Wildman–Crippen MR) is 98.9 cm³/mol. The van der Waals surface area contributed by atoms with Gasteiger partial charge in [0.05, 0.1) is 11.6 Å². The first-order valence-corrected chi connectivity index (χ1v) is 10.4. The Labute approximate surface area is 166 Å². The number of aliphatic imine (C=N–C) groups is 1. The molecule has 12 heteroatoms. The summed E-state index contributed by atoms with van der Waals surface area (Å²) in [6, 6.07) is 4.03. The second-order valence-electron chi connectivity index (χ2n) is 6.21. The van der Waals surface area contributed by atoms with Crippen LogP contribution in [-0.2, 0) is 16.6 Å². The summed E-state index contributed by atoms with van der Waals surface area (Å²) in [5.74, 6) is -0.0972. The summed E-state index contributed by atoms with van der Waals surface area (Å²) in [5, 5.41) is 6.09. The van der Waals surface area contributed by atoms with Crippen molar-refractivity contribution in [3.8, 4) is 0 Å². The van der Waals surface area contributed by atoms with Crippen LogP contribution in [0.1, 0.15) is 25.3 Å². The number of benzene rings is 1. The zero-order valence-corrected chi connectivity index (χ0v) is 16.6. The Balaban J connectivity index is 1.97. The molecule has 0 aliphatic carbocycles. The average Bonchev–Trinajstić information content (AvgIpc) is 2.62. The zero-order chi connectivity index (χ0) is 20.9. The normalized spacial score (nSPS) is 17.6. The van der Waals surface area contributed by atoms with Gasteiger partial charge < -0.3 is 10.6 Å². The van der Waals surface area contributed by atoms with Crippen molar-refractivity contribution in [2.75, 3.05) is 19.6 Å². The highest BCUT2D eigenvalue weighted by Crippen LogP contribution is 2.29. The molecule has 1 saturated heterocycles. The van der Waals surface area contributed by atoms with E-state index in [2.05, 4.69) is 15.6 Å². The third-order valence-corrected chi connectivity index (χ3v) is 6.09. The first-order chi connectivity index (χ1) is 13.0. The molecular formula is C16H21ClF4N4O2S. The summed E-state index contributed by atoms with van der Waals surface area (Å²) in [6.45, 7) is 2.16. The van der Waals surface area contributed by atoms with Crippen molar-refractivity contribution in [1.29, 1.82) is 0 Å². The first-order valence-electron chi connectivity index (χ1n) is 8.59. The van der Waals surface area contributed by atoms with Crippen LogP contribution in [0.4, 0.5) is 17.6 Å². The number of hydrogen-bond donors (Lipinski definition) is 2. The maximum absolute atomic E-state index is 13.2. The lowest BCUT2D eigenvalue weighted by Gasteiger charge is -2.32. The molecule has 1 heterocycles. The van der Waals surface area contributed by atoms with Gasteiger partial charge in [-0.1, -0.05) is 17.7 Å². The van der Waals surface area contributed by atoms with Gasteiger partial charge in [-0.15, -0.1) is 0 Å². The Kier molecular flexibility index (Phi) is 7.52. The van der Waals surface area contributed by atoms with Gasteiger partial charge in [-0.25, -0.2) is 17.8 Å². The highest BCUT2D eigenvalue weighted by molar-refractivity contribution is 7.90. The highest BCUT2D eigenvalue weighted by Gasteiger charge is 2.50. The maximum Gasteiger partial charge on any atom is 0.511 e. The average molecular weight is 445 g/mol. The van der Waals surface area contributed by atoms with Crippen LogP contribution >= 0.6 is 11.6 Å². The summed E-state index contributed by atoms with van der Waals surface area (Å²) in [5.41, 5.74) is -4.60. The molecule has 1 aromatic carbocycles. The number of nitrogens with one attached hydrogen (secondary N) is 2. The van der Waals surface area contributed by atoms with E-state index in [1.807, 2.05) is 6.92 Å². The summed E-state index contributed by atoms with van der Waals surface area (Å²) in [7, 11) is -5.30. The number of halogens is 5. The minimum Gasteiger partial charge on any atom is -0.357 e. The molecule has 0 saturated carbocycles. The van der Waals surface area contributed by atoms with E-state index in [4.69, 9.17) is 11.6 Å². The molecule has 0 spiro atoms. The van der Waals surface area contributed by atoms with Gasteiger partial charge in [0.25, 0.3) is 0 Å². The highest BCUT2D eigenvalue weighted by atomic mass is 35.5. The van der Waals surface area contributed by atoms with E-state index in [1.54, 1.807) is 6.07 Å². The molecule has 0 radical (unpaired) electrons. The third kappa shape index (κ3) is 5.71. The zero-order valence-electron chi connectivity index (χ0n) is 15.1. The molecule has 1 fully saturated rings. The third-order valence-electron chi connectivity index (χ3n) is 4.18. The largest absolute Gasteiger partial charge is 0.511 e. The molecule has 2 rings (SSSR count). The summed E-state index contributed by atoms with van der Waals surface area (Å²) < 4.78 is 74.5. The number of alkyl halides is 3. The SMILES string of the molecule is CCNC(=NCc1ccc(F)c(Cl)c1)NC1CCN(S(=O)(=O)C(F)(F)F)CC1. The standard InChI is InChI=1S/C16H21ClF4N4O2S/c1-2-22-15(23-10-11-3-4-14(18)13(17)9-11)24-12-5-7-25(8-6-12)28(26,27)16(19,20)21/h3-4,9,12H,2,5-8,10H2,1H3,(H2,22,23,24). The first kappa shape index (κ1) is 22.7. The van der Waals surface area contributed by atoms with Crippen molar-refractivity contribution in [3.63, 3.8) is 0 Å². The minimum atomic E-state index is -5.30. The molecule has 0 amide bonds. The van der Waals surface area contributed by atoms with Crippen molar-refractivity contribution in [2.45, 2.75) is 37.9 Å². The van der Waals surface area contributed by atoms with Gasteiger partial charge in [-0.2, -0.15) is 17.5 Å². The van der Waals surface area contributed by atoms with Crippen LogP contribution in [0.2, 0.25) is 5.02 Å². The topological polar surface area (TPSA) is 73.8 Å². The molecule has 1 aromatic rings. The van der Waals surface area contributed by atoms with E-state index in [0.29, 0.717) is 22.4 Å². The molecule has 0 unspecified atom stereocenters. The molecule has 0 bridgehead atoms. The van der Waals surface area contributed by atoms with Crippen molar-refractivity contribution in [3.05, 3.63) is 34.6 Å². The summed E-state index contributed by atoms with van der Waals surface area (Å²) in [4.78, 5) is 4.36. The quantitative estimate of drug-likeness (QED) is 0.416. The van der Waals surface area contributed by atoms with E-state index in [1.165, 1.54) is 12.1 Å². The van der Waals surface area contributed by atoms with Gasteiger partial charge in [0.1, 0.15) is 5.82 Å². The van der Waals surface area contributed by atoms with Crippen LogP contribution in [0, 0.1) is 5.82 Å². The molecule has 6 nitrogen and oxygen atoms in total. The van der Waals surface area contributed by atoms with E-state index in [-0.39, 0.29) is 43.5 Å². The van der Waals surface area contributed by atoms with Gasteiger partial charge in [-0.3, -0.25) is 0 Å². The number of rotatable bonds is 5. The Morgan fingerprint density at radius 1 is 1.32 bits per heavy atom. The van der Waals surface area contributed by atoms with Gasteiger partial charge in [-0.05, 0) is 37.5 Å². The Morgan fingerprint density at radius 3 is 2.50 bits per heavy atom. The van der Waals surface area contributed by atoms with Crippen LogP contribution in [-0.4, -0.2) is 49.9 Å². The molecule has 2 N–H and O–H groups in total. The minimum absolute atomic E-state index is 0.0103. The van der Waals surface area contributed by atoms with Gasteiger partial charge in [0, 0.05) is 25.7 Å². The number of hydrogen-bond acceptors (Lipinski definition) is 3. The number of nitrogens with zero attached hydrogens (tertiary/aromatic N) is 2. The van der Waals surface area contributed by atoms with Crippen molar-refractivity contribution >= 4 is 27.6 Å². The van der Waals surface area contributed by atoms with Crippen LogP contribution < -0.4 is 10.6 Å². The van der Waals surface area contributed by atoms with E-state index in [0.717, 1.165) is 0 Å². The molecule has 28 heavy (non-hydrogen) atoms. The Bertz CT molecular complexity index is 809. The Morgan fingerprint density at radius 2 is 1.96 bits per heavy atom. The van der Waals surface area contributed by atoms with Crippen molar-refractivity contribution in [1.82, 2.24) is 14.9 Å². The lowest BCUT2D eigenvalue weighted by atomic mass is 10.1. The van der Waals surface area contributed by atoms with Crippen molar-refractivity contribution < 1.29 is 26.0 Å². The van der Waals surface area contributed by atoms with E-state index < -0.39 is 21.3 Å². The Hall–Kier alpha value is -1.59. The predicted octanol–water partition coefficient (Wildman–Crippen LogP) is 2.85. The summed E-state index contributed by atoms with van der Waals surface area (Å²) in [6.07, 6.45) is 0.421. The van der Waals surface area contributed by atoms with E-state index >= 15 is 0 Å². The maximum atomic E-state index is 13.2. The molecule has 158 valence electrons. The van der Waals surface area contributed by atoms with Crippen LogP contribution in [0.15, 0.2) is 23.2 Å². The van der Waals surface area contributed by atoms with E-state index in [9.17, 15) is 26.0 Å². The lowest BCUT2D eigenvalue weighted by Crippen LogP contribution is -2.51. The molecule has 0 atom stereocenters. The van der Waals surface area contributed by atoms with Crippen LogP contribution in [0.5, 0.6) is 0 Å². The number of piperidine rings is 1. The number of sulfonamides is 1. The van der Waals surface area contributed by atoms with Crippen LogP contribution in [0.3, 0.4) is 0 Å². The second kappa shape index (κ2) is 9.27. The summed E-state index contributed by atoms with van der Waals surface area (Å²) >= 11 is 5.74. The van der Waals surface area contributed by atoms with Crippen molar-refractivity contribution in [2.24, 2.45) is 4.99 Å². The fourth-order valence-electron chi connectivity index (χ4n) is 2.71. The van der Waals surface area contributed by atoms with Crippen LogP contribution in [0.25, 0.3) is 0 Å². The molecular weight excluding hydrogens is 424 g/mol. The molecule has 1 aliphatic rings. The fraction of sp³-hybridized carbons (Fsp3) is 0.562. The fourth-order valence-corrected chi connectivity index (χ4v) is 3.90. The molecule has 0 aromatic heterocycles. The number of guanidine groups is 1. The van der Waals surface area contributed by atoms with Gasteiger partial charge in [0.2, 0.25) is 0 Å². The smallest absolute Gasteiger partial charge is 0.357 e. The second-order valence-corrected chi connectivity index (χ2v) is 8.55. The van der Waals surface area contributed by atoms with Gasteiger partial charge in [0.15, 0.2) is 5.96 Å².